The first-order valence-electron chi connectivity index (χ1n) is 3.58. The minimum Gasteiger partial charge on any atom is -0.481 e. The van der Waals surface area contributed by atoms with Crippen LogP contribution >= 0.6 is 11.8 Å². The second-order valence-corrected chi connectivity index (χ2v) is 3.78. The molecule has 0 amide bonds. The van der Waals surface area contributed by atoms with E-state index in [9.17, 15) is 4.79 Å². The molecule has 0 radical (unpaired) electrons. The predicted octanol–water partition coefficient (Wildman–Crippen LogP) is 1.60. The summed E-state index contributed by atoms with van der Waals surface area (Å²) in [6.07, 6.45) is 3.96. The molecule has 0 unspecified atom stereocenters. The van der Waals surface area contributed by atoms with Crippen molar-refractivity contribution in [1.29, 1.82) is 0 Å². The van der Waals surface area contributed by atoms with Gasteiger partial charge in [0, 0.05) is 0 Å². The Hall–Kier alpha value is -0.180. The molecule has 0 saturated heterocycles. The lowest BCUT2D eigenvalue weighted by molar-refractivity contribution is -0.133. The number of rotatable bonds is 5. The summed E-state index contributed by atoms with van der Waals surface area (Å²) >= 11 is 1.53. The maximum atomic E-state index is 10.0. The summed E-state index contributed by atoms with van der Waals surface area (Å²) in [6, 6.07) is 0. The van der Waals surface area contributed by atoms with Crippen LogP contribution in [-0.4, -0.2) is 22.6 Å². The quantitative estimate of drug-likeness (QED) is 0.621. The van der Waals surface area contributed by atoms with Crippen molar-refractivity contribution in [3.63, 3.8) is 0 Å². The molecule has 0 atom stereocenters. The minimum absolute atomic E-state index is 0.271. The molecule has 10 heavy (non-hydrogen) atoms. The van der Waals surface area contributed by atoms with E-state index in [-0.39, 0.29) is 5.75 Å². The normalized spacial score (nSPS) is 17.2. The molecule has 1 saturated carbocycles. The summed E-state index contributed by atoms with van der Waals surface area (Å²) in [7, 11) is 0. The second kappa shape index (κ2) is 3.86. The van der Waals surface area contributed by atoms with Gasteiger partial charge in [0.2, 0.25) is 0 Å². The van der Waals surface area contributed by atoms with Crippen molar-refractivity contribution in [2.45, 2.75) is 19.3 Å². The lowest BCUT2D eigenvalue weighted by atomic mass is 10.3. The first-order valence-corrected chi connectivity index (χ1v) is 4.74. The van der Waals surface area contributed by atoms with Crippen LogP contribution in [0, 0.1) is 5.92 Å². The van der Waals surface area contributed by atoms with Crippen LogP contribution in [0.3, 0.4) is 0 Å². The van der Waals surface area contributed by atoms with Gasteiger partial charge in [-0.2, -0.15) is 11.8 Å². The highest BCUT2D eigenvalue weighted by Crippen LogP contribution is 2.33. The van der Waals surface area contributed by atoms with E-state index < -0.39 is 5.97 Å². The van der Waals surface area contributed by atoms with E-state index in [0.29, 0.717) is 0 Å². The molecular formula is C7H12O2S. The number of hydrogen-bond donors (Lipinski definition) is 1. The number of thioether (sulfide) groups is 1. The molecule has 0 aromatic heterocycles. The molecule has 58 valence electrons. The van der Waals surface area contributed by atoms with Gasteiger partial charge >= 0.3 is 5.97 Å². The van der Waals surface area contributed by atoms with Crippen molar-refractivity contribution < 1.29 is 9.90 Å². The zero-order chi connectivity index (χ0) is 7.40. The summed E-state index contributed by atoms with van der Waals surface area (Å²) in [5.41, 5.74) is 0. The van der Waals surface area contributed by atoms with Crippen LogP contribution in [0.25, 0.3) is 0 Å². The van der Waals surface area contributed by atoms with Gasteiger partial charge in [0.1, 0.15) is 0 Å². The van der Waals surface area contributed by atoms with Crippen LogP contribution in [0.5, 0.6) is 0 Å². The van der Waals surface area contributed by atoms with Crippen molar-refractivity contribution in [2.24, 2.45) is 5.92 Å². The highest BCUT2D eigenvalue weighted by Gasteiger charge is 2.20. The Labute approximate surface area is 65.0 Å². The highest BCUT2D eigenvalue weighted by atomic mass is 32.2. The van der Waals surface area contributed by atoms with E-state index in [1.165, 1.54) is 31.0 Å². The Morgan fingerprint density at radius 2 is 2.30 bits per heavy atom. The maximum absolute atomic E-state index is 10.0. The molecule has 0 bridgehead atoms. The molecule has 0 aromatic carbocycles. The SMILES string of the molecule is O=C(O)CSCCC1CC1. The van der Waals surface area contributed by atoms with E-state index in [1.807, 2.05) is 0 Å². The summed E-state index contributed by atoms with van der Waals surface area (Å²) in [6.45, 7) is 0. The lowest BCUT2D eigenvalue weighted by Crippen LogP contribution is -1.98. The second-order valence-electron chi connectivity index (χ2n) is 2.68. The molecular weight excluding hydrogens is 148 g/mol. The first kappa shape index (κ1) is 7.92. The Morgan fingerprint density at radius 1 is 1.60 bits per heavy atom. The predicted molar refractivity (Wildman–Crippen MR) is 42.3 cm³/mol. The van der Waals surface area contributed by atoms with Crippen LogP contribution < -0.4 is 0 Å². The number of carboxylic acids is 1. The molecule has 0 aliphatic heterocycles. The van der Waals surface area contributed by atoms with Gasteiger partial charge in [0.15, 0.2) is 0 Å². The molecule has 2 nitrogen and oxygen atoms in total. The van der Waals surface area contributed by atoms with Crippen molar-refractivity contribution >= 4 is 17.7 Å². The fourth-order valence-corrected chi connectivity index (χ4v) is 1.63. The average Bonchev–Trinajstić information content (AvgIpc) is 2.62. The largest absolute Gasteiger partial charge is 0.481 e. The molecule has 1 rings (SSSR count). The number of carbonyl (C=O) groups is 1. The third-order valence-electron chi connectivity index (χ3n) is 1.59. The van der Waals surface area contributed by atoms with Crippen molar-refractivity contribution in [3.8, 4) is 0 Å². The third kappa shape index (κ3) is 3.77. The standard InChI is InChI=1S/C7H12O2S/c8-7(9)5-10-4-3-6-1-2-6/h6H,1-5H2,(H,8,9). The molecule has 1 N–H and O–H groups in total. The zero-order valence-electron chi connectivity index (χ0n) is 5.88. The van der Waals surface area contributed by atoms with Crippen LogP contribution in [0.2, 0.25) is 0 Å². The molecule has 3 heteroatoms. The van der Waals surface area contributed by atoms with E-state index in [0.717, 1.165) is 11.7 Å². The van der Waals surface area contributed by atoms with Crippen LogP contribution in [0.1, 0.15) is 19.3 Å². The summed E-state index contributed by atoms with van der Waals surface area (Å²) in [5.74, 6) is 1.53. The third-order valence-corrected chi connectivity index (χ3v) is 2.57. The fraction of sp³-hybridized carbons (Fsp3) is 0.857. The average molecular weight is 160 g/mol. The molecule has 0 heterocycles. The Kier molecular flexibility index (Phi) is 3.06. The van der Waals surface area contributed by atoms with Gasteiger partial charge < -0.3 is 5.11 Å². The van der Waals surface area contributed by atoms with Gasteiger partial charge in [-0.1, -0.05) is 12.8 Å². The van der Waals surface area contributed by atoms with Crippen LogP contribution in [0.15, 0.2) is 0 Å². The number of carboxylic acid groups (broad SMARTS) is 1. The Morgan fingerprint density at radius 3 is 2.80 bits per heavy atom. The van der Waals surface area contributed by atoms with Gasteiger partial charge in [0.05, 0.1) is 5.75 Å². The van der Waals surface area contributed by atoms with Gasteiger partial charge in [-0.3, -0.25) is 4.79 Å². The number of aliphatic carboxylic acids is 1. The first-order chi connectivity index (χ1) is 4.79. The van der Waals surface area contributed by atoms with Gasteiger partial charge in [0.25, 0.3) is 0 Å². The topological polar surface area (TPSA) is 37.3 Å². The van der Waals surface area contributed by atoms with Crippen molar-refractivity contribution in [2.75, 3.05) is 11.5 Å². The molecule has 0 aromatic rings. The van der Waals surface area contributed by atoms with Gasteiger partial charge in [-0.25, -0.2) is 0 Å². The minimum atomic E-state index is -0.694. The Bertz CT molecular complexity index is 121. The van der Waals surface area contributed by atoms with E-state index in [1.54, 1.807) is 0 Å². The van der Waals surface area contributed by atoms with Crippen LogP contribution in [-0.2, 0) is 4.79 Å². The zero-order valence-corrected chi connectivity index (χ0v) is 6.69. The number of hydrogen-bond acceptors (Lipinski definition) is 2. The van der Waals surface area contributed by atoms with Crippen molar-refractivity contribution in [3.05, 3.63) is 0 Å². The molecule has 0 spiro atoms. The van der Waals surface area contributed by atoms with Crippen LogP contribution in [0.4, 0.5) is 0 Å². The fourth-order valence-electron chi connectivity index (χ4n) is 0.816. The maximum Gasteiger partial charge on any atom is 0.313 e. The van der Waals surface area contributed by atoms with E-state index >= 15 is 0 Å². The molecule has 1 aliphatic rings. The lowest BCUT2D eigenvalue weighted by Gasteiger charge is -1.94. The summed E-state index contributed by atoms with van der Waals surface area (Å²) in [5, 5.41) is 8.27. The van der Waals surface area contributed by atoms with Gasteiger partial charge in [-0.05, 0) is 18.1 Å². The Balaban J connectivity index is 1.80. The highest BCUT2D eigenvalue weighted by molar-refractivity contribution is 7.99. The molecule has 1 aliphatic carbocycles. The van der Waals surface area contributed by atoms with E-state index in [2.05, 4.69) is 0 Å². The smallest absolute Gasteiger partial charge is 0.313 e. The summed E-state index contributed by atoms with van der Waals surface area (Å²) < 4.78 is 0. The monoisotopic (exact) mass is 160 g/mol. The summed E-state index contributed by atoms with van der Waals surface area (Å²) in [4.78, 5) is 10.0. The van der Waals surface area contributed by atoms with E-state index in [4.69, 9.17) is 5.11 Å². The van der Waals surface area contributed by atoms with Gasteiger partial charge in [-0.15, -0.1) is 0 Å². The van der Waals surface area contributed by atoms with Crippen molar-refractivity contribution in [1.82, 2.24) is 0 Å². The molecule has 1 fully saturated rings.